The zero-order valence-electron chi connectivity index (χ0n) is 16.9. The molecule has 4 aliphatic heterocycles. The van der Waals surface area contributed by atoms with E-state index < -0.39 is 0 Å². The molecule has 0 radical (unpaired) electrons. The highest BCUT2D eigenvalue weighted by molar-refractivity contribution is 5.85. The van der Waals surface area contributed by atoms with Gasteiger partial charge < -0.3 is 10.6 Å². The number of para-hydroxylation sites is 1. The molecule has 1 aromatic heterocycles. The molecule has 5 heterocycles. The fraction of sp³-hybridized carbons (Fsp3) is 0.500. The quantitative estimate of drug-likeness (QED) is 0.771. The molecule has 4 fully saturated rings. The van der Waals surface area contributed by atoms with Gasteiger partial charge in [0.2, 0.25) is 5.91 Å². The Morgan fingerprint density at radius 1 is 1.31 bits per heavy atom. The predicted octanol–water partition coefficient (Wildman–Crippen LogP) is 3.04. The zero-order chi connectivity index (χ0) is 19.8. The minimum absolute atomic E-state index is 0.0219. The van der Waals surface area contributed by atoms with E-state index in [2.05, 4.69) is 57.4 Å². The van der Waals surface area contributed by atoms with Crippen molar-refractivity contribution >= 4 is 16.8 Å². The normalized spacial score (nSPS) is 32.2. The number of nitrogens with zero attached hydrogens (tertiary/aromatic N) is 2. The lowest BCUT2D eigenvalue weighted by Gasteiger charge is -2.51. The van der Waals surface area contributed by atoms with Crippen LogP contribution in [0.15, 0.2) is 49.2 Å². The van der Waals surface area contributed by atoms with E-state index in [9.17, 15) is 4.79 Å². The van der Waals surface area contributed by atoms with Crippen molar-refractivity contribution in [1.82, 2.24) is 20.5 Å². The third kappa shape index (κ3) is 3.47. The average molecular weight is 391 g/mol. The van der Waals surface area contributed by atoms with E-state index in [0.717, 1.165) is 49.8 Å². The lowest BCUT2D eigenvalue weighted by atomic mass is 9.73. The van der Waals surface area contributed by atoms with Crippen molar-refractivity contribution < 1.29 is 4.79 Å². The van der Waals surface area contributed by atoms with Crippen LogP contribution in [0, 0.1) is 11.8 Å². The van der Waals surface area contributed by atoms with Crippen LogP contribution in [0.4, 0.5) is 0 Å². The summed E-state index contributed by atoms with van der Waals surface area (Å²) in [5.41, 5.74) is 2.18. The van der Waals surface area contributed by atoms with Gasteiger partial charge in [0.1, 0.15) is 0 Å². The van der Waals surface area contributed by atoms with Crippen LogP contribution < -0.4 is 10.6 Å². The molecule has 5 heteroatoms. The van der Waals surface area contributed by atoms with Gasteiger partial charge in [-0.25, -0.2) is 0 Å². The van der Waals surface area contributed by atoms with Crippen LogP contribution in [0.1, 0.15) is 37.3 Å². The first-order valence-electron chi connectivity index (χ1n) is 11.0. The summed E-state index contributed by atoms with van der Waals surface area (Å²) in [5.74, 6) is 1.37. The third-order valence-electron chi connectivity index (χ3n) is 7.23. The third-order valence-corrected chi connectivity index (χ3v) is 7.23. The molecule has 3 unspecified atom stereocenters. The molecule has 6 atom stereocenters. The first-order chi connectivity index (χ1) is 14.2. The van der Waals surface area contributed by atoms with Crippen molar-refractivity contribution in [2.45, 2.75) is 43.8 Å². The van der Waals surface area contributed by atoms with Crippen molar-refractivity contribution in [3.8, 4) is 0 Å². The largest absolute Gasteiger partial charge is 0.346 e. The van der Waals surface area contributed by atoms with Gasteiger partial charge in [0.05, 0.1) is 17.6 Å². The Kier molecular flexibility index (Phi) is 5.10. The van der Waals surface area contributed by atoms with E-state index in [-0.39, 0.29) is 18.0 Å². The molecule has 0 saturated carbocycles. The van der Waals surface area contributed by atoms with Crippen molar-refractivity contribution in [2.24, 2.45) is 11.8 Å². The SMILES string of the molecule is C=CC1CN2CCC1C[C@@H]2[C@H](NC(=O)[C@H]1CCCN1)c1ccnc2ccccc12. The summed E-state index contributed by atoms with van der Waals surface area (Å²) in [6.07, 6.45) is 8.34. The number of rotatable bonds is 5. The van der Waals surface area contributed by atoms with Gasteiger partial charge in [0, 0.05) is 24.2 Å². The van der Waals surface area contributed by atoms with Crippen LogP contribution in [-0.4, -0.2) is 47.5 Å². The summed E-state index contributed by atoms with van der Waals surface area (Å²) < 4.78 is 0. The number of nitrogens with one attached hydrogen (secondary N) is 2. The van der Waals surface area contributed by atoms with Gasteiger partial charge in [-0.15, -0.1) is 6.58 Å². The standard InChI is InChI=1S/C24H30N4O/c1-2-16-15-28-13-10-17(16)14-22(28)23(27-24(29)21-8-5-11-25-21)19-9-12-26-20-7-4-3-6-18(19)20/h2-4,6-7,9,12,16-17,21-23,25H,1,5,8,10-11,13-15H2,(H,27,29)/t16?,17?,21-,22-,23-/m1/s1. The summed E-state index contributed by atoms with van der Waals surface area (Å²) in [5, 5.41) is 7.95. The van der Waals surface area contributed by atoms with Crippen LogP contribution in [0.5, 0.6) is 0 Å². The molecule has 4 saturated heterocycles. The first kappa shape index (κ1) is 18.8. The fourth-order valence-corrected chi connectivity index (χ4v) is 5.66. The van der Waals surface area contributed by atoms with E-state index in [1.807, 2.05) is 12.3 Å². The van der Waals surface area contributed by atoms with Crippen LogP contribution >= 0.6 is 0 Å². The molecule has 5 nitrogen and oxygen atoms in total. The molecule has 2 bridgehead atoms. The predicted molar refractivity (Wildman–Crippen MR) is 115 cm³/mol. The maximum absolute atomic E-state index is 13.1. The average Bonchev–Trinajstić information content (AvgIpc) is 3.32. The summed E-state index contributed by atoms with van der Waals surface area (Å²) >= 11 is 0. The molecular formula is C24H30N4O. The molecule has 0 spiro atoms. The van der Waals surface area contributed by atoms with Crippen molar-refractivity contribution in [3.05, 3.63) is 54.7 Å². The van der Waals surface area contributed by atoms with Gasteiger partial charge in [-0.1, -0.05) is 24.3 Å². The number of piperidine rings is 3. The van der Waals surface area contributed by atoms with Gasteiger partial charge in [-0.2, -0.15) is 0 Å². The maximum atomic E-state index is 13.1. The fourth-order valence-electron chi connectivity index (χ4n) is 5.66. The van der Waals surface area contributed by atoms with Crippen LogP contribution in [0.2, 0.25) is 0 Å². The number of hydrogen-bond acceptors (Lipinski definition) is 4. The Labute approximate surface area is 172 Å². The molecule has 152 valence electrons. The maximum Gasteiger partial charge on any atom is 0.237 e. The Morgan fingerprint density at radius 2 is 2.21 bits per heavy atom. The molecule has 1 amide bonds. The number of benzene rings is 1. The van der Waals surface area contributed by atoms with Crippen molar-refractivity contribution in [3.63, 3.8) is 0 Å². The molecule has 0 aliphatic carbocycles. The van der Waals surface area contributed by atoms with Gasteiger partial charge in [-0.05, 0) is 68.3 Å². The molecule has 6 rings (SSSR count). The minimum atomic E-state index is -0.0673. The van der Waals surface area contributed by atoms with Crippen molar-refractivity contribution in [2.75, 3.05) is 19.6 Å². The second-order valence-electron chi connectivity index (χ2n) is 8.80. The molecule has 2 aromatic rings. The topological polar surface area (TPSA) is 57.3 Å². The molecular weight excluding hydrogens is 360 g/mol. The van der Waals surface area contributed by atoms with E-state index in [4.69, 9.17) is 0 Å². The zero-order valence-corrected chi connectivity index (χ0v) is 16.9. The summed E-state index contributed by atoms with van der Waals surface area (Å²) in [7, 11) is 0. The van der Waals surface area contributed by atoms with E-state index >= 15 is 0 Å². The van der Waals surface area contributed by atoms with Gasteiger partial charge >= 0.3 is 0 Å². The van der Waals surface area contributed by atoms with Crippen molar-refractivity contribution in [1.29, 1.82) is 0 Å². The molecule has 1 aromatic carbocycles. The number of carbonyl (C=O) groups excluding carboxylic acids is 1. The van der Waals surface area contributed by atoms with E-state index in [1.54, 1.807) is 0 Å². The number of aromatic nitrogens is 1. The number of hydrogen-bond donors (Lipinski definition) is 2. The number of fused-ring (bicyclic) bond motifs is 4. The van der Waals surface area contributed by atoms with Crippen LogP contribution in [0.25, 0.3) is 10.9 Å². The highest BCUT2D eigenvalue weighted by Crippen LogP contribution is 2.42. The lowest BCUT2D eigenvalue weighted by Crippen LogP contribution is -2.58. The highest BCUT2D eigenvalue weighted by atomic mass is 16.2. The molecule has 4 aliphatic rings. The van der Waals surface area contributed by atoms with E-state index in [1.165, 1.54) is 12.0 Å². The summed E-state index contributed by atoms with van der Waals surface area (Å²) in [4.78, 5) is 20.2. The minimum Gasteiger partial charge on any atom is -0.346 e. The van der Waals surface area contributed by atoms with Gasteiger partial charge in [0.15, 0.2) is 0 Å². The molecule has 2 N–H and O–H groups in total. The lowest BCUT2D eigenvalue weighted by molar-refractivity contribution is -0.124. The smallest absolute Gasteiger partial charge is 0.237 e. The van der Waals surface area contributed by atoms with Crippen LogP contribution in [0.3, 0.4) is 0 Å². The number of carbonyl (C=O) groups is 1. The Hall–Kier alpha value is -2.24. The highest BCUT2D eigenvalue weighted by Gasteiger charge is 2.43. The monoisotopic (exact) mass is 390 g/mol. The Balaban J connectivity index is 1.51. The number of pyridine rings is 1. The second kappa shape index (κ2) is 7.88. The second-order valence-corrected chi connectivity index (χ2v) is 8.80. The Bertz CT molecular complexity index is 901. The van der Waals surface area contributed by atoms with Gasteiger partial charge in [0.25, 0.3) is 0 Å². The summed E-state index contributed by atoms with van der Waals surface area (Å²) in [6.45, 7) is 7.15. The first-order valence-corrected chi connectivity index (χ1v) is 11.0. The summed E-state index contributed by atoms with van der Waals surface area (Å²) in [6, 6.07) is 10.6. The number of amides is 1. The van der Waals surface area contributed by atoms with E-state index in [0.29, 0.717) is 17.9 Å². The van der Waals surface area contributed by atoms with Crippen LogP contribution in [-0.2, 0) is 4.79 Å². The molecule has 29 heavy (non-hydrogen) atoms. The van der Waals surface area contributed by atoms with Gasteiger partial charge in [-0.3, -0.25) is 14.7 Å². The Morgan fingerprint density at radius 3 is 2.97 bits per heavy atom.